The molecule has 0 N–H and O–H groups in total. The van der Waals surface area contributed by atoms with Crippen LogP contribution in [0.3, 0.4) is 0 Å². The zero-order chi connectivity index (χ0) is 17.4. The molecule has 3 nitrogen and oxygen atoms in total. The molecule has 0 bridgehead atoms. The van der Waals surface area contributed by atoms with Crippen molar-refractivity contribution in [3.8, 4) is 0 Å². The van der Waals surface area contributed by atoms with E-state index in [4.69, 9.17) is 34.8 Å². The number of alkyl halides is 2. The Morgan fingerprint density at radius 1 is 1.26 bits per heavy atom. The summed E-state index contributed by atoms with van der Waals surface area (Å²) in [5.41, 5.74) is 1.16. The van der Waals surface area contributed by atoms with E-state index in [1.165, 1.54) is 6.92 Å². The zero-order valence-electron chi connectivity index (χ0n) is 12.9. The number of allylic oxidation sites excluding steroid dienone is 2. The maximum atomic E-state index is 12.4. The molecule has 0 radical (unpaired) electrons. The van der Waals surface area contributed by atoms with Gasteiger partial charge >= 0.3 is 0 Å². The molecule has 23 heavy (non-hydrogen) atoms. The number of carbonyl (C=O) groups is 2. The van der Waals surface area contributed by atoms with E-state index in [0.717, 1.165) is 0 Å². The quantitative estimate of drug-likeness (QED) is 0.712. The third-order valence-corrected chi connectivity index (χ3v) is 5.21. The van der Waals surface area contributed by atoms with Gasteiger partial charge in [-0.2, -0.15) is 0 Å². The van der Waals surface area contributed by atoms with Gasteiger partial charge in [0.15, 0.2) is 5.78 Å². The van der Waals surface area contributed by atoms with Gasteiger partial charge in [-0.3, -0.25) is 9.59 Å². The number of hydrogen-bond donors (Lipinski definition) is 0. The maximum absolute atomic E-state index is 12.4. The Morgan fingerprint density at radius 2 is 1.83 bits per heavy atom. The van der Waals surface area contributed by atoms with E-state index in [9.17, 15) is 9.59 Å². The number of hydrogen-bond acceptors (Lipinski definition) is 2. The average Bonchev–Trinajstić information content (AvgIpc) is 2.51. The number of benzene rings is 1. The van der Waals surface area contributed by atoms with Crippen LogP contribution in [-0.4, -0.2) is 27.7 Å². The van der Waals surface area contributed by atoms with Crippen LogP contribution in [0, 0.1) is 5.92 Å². The van der Waals surface area contributed by atoms with Crippen molar-refractivity contribution in [1.82, 2.24) is 0 Å². The smallest absolute Gasteiger partial charge is 0.277 e. The van der Waals surface area contributed by atoms with Crippen molar-refractivity contribution in [2.24, 2.45) is 10.9 Å². The summed E-state index contributed by atoms with van der Waals surface area (Å²) in [5.74, 6) is -1.02. The molecule has 0 aliphatic heterocycles. The molecule has 0 heterocycles. The predicted molar refractivity (Wildman–Crippen MR) is 94.8 cm³/mol. The first kappa shape index (κ1) is 18.2. The minimum Gasteiger partial charge on any atom is -0.291 e. The fourth-order valence-corrected chi connectivity index (χ4v) is 3.40. The second kappa shape index (κ2) is 6.76. The summed E-state index contributed by atoms with van der Waals surface area (Å²) in [4.78, 5) is 27.4. The number of aliphatic imine (C=N–C) groups is 1. The van der Waals surface area contributed by atoms with Gasteiger partial charge in [0.1, 0.15) is 10.3 Å². The standard InChI is InChI=1S/C17H16Cl3NO2/c1-9(2)11-12(18)15(22)17(3,20)14(19)13(11)21-16(23)10-7-5-4-6-8-10/h4-9,14H,1-3H3/t14-,17+/m0/s1. The van der Waals surface area contributed by atoms with Gasteiger partial charge in [-0.1, -0.05) is 43.6 Å². The monoisotopic (exact) mass is 371 g/mol. The largest absolute Gasteiger partial charge is 0.291 e. The SMILES string of the molecule is CC(C)C1=C(Cl)C(=O)[C@](C)(Cl)[C@@H](Cl)C1=NC(=O)c1ccccc1. The van der Waals surface area contributed by atoms with Crippen molar-refractivity contribution < 1.29 is 9.59 Å². The minimum absolute atomic E-state index is 0.00554. The number of rotatable bonds is 2. The summed E-state index contributed by atoms with van der Waals surface area (Å²) in [5, 5.41) is -0.946. The summed E-state index contributed by atoms with van der Waals surface area (Å²) in [6, 6.07) is 8.61. The van der Waals surface area contributed by atoms with Crippen LogP contribution in [-0.2, 0) is 4.79 Å². The van der Waals surface area contributed by atoms with Gasteiger partial charge in [0, 0.05) is 11.1 Å². The number of Topliss-reactive ketones (excluding diaryl/α,β-unsaturated/α-hetero) is 1. The predicted octanol–water partition coefficient (Wildman–Crippen LogP) is 4.60. The van der Waals surface area contributed by atoms with Crippen LogP contribution in [0.15, 0.2) is 45.9 Å². The van der Waals surface area contributed by atoms with E-state index in [1.54, 1.807) is 30.3 Å². The minimum atomic E-state index is -1.44. The van der Waals surface area contributed by atoms with Gasteiger partial charge in [0.05, 0.1) is 10.7 Å². The lowest BCUT2D eigenvalue weighted by atomic mass is 9.82. The molecule has 1 amide bonds. The highest BCUT2D eigenvalue weighted by atomic mass is 35.5. The van der Waals surface area contributed by atoms with Crippen molar-refractivity contribution in [2.45, 2.75) is 31.0 Å². The molecular formula is C17H16Cl3NO2. The Bertz CT molecular complexity index is 706. The topological polar surface area (TPSA) is 46.5 Å². The molecule has 0 fully saturated rings. The molecular weight excluding hydrogens is 357 g/mol. The van der Waals surface area contributed by atoms with Crippen molar-refractivity contribution in [2.75, 3.05) is 0 Å². The zero-order valence-corrected chi connectivity index (χ0v) is 15.2. The van der Waals surface area contributed by atoms with Crippen molar-refractivity contribution in [1.29, 1.82) is 0 Å². The van der Waals surface area contributed by atoms with E-state index in [-0.39, 0.29) is 16.7 Å². The number of ketones is 1. The molecule has 2 atom stereocenters. The van der Waals surface area contributed by atoms with E-state index < -0.39 is 21.9 Å². The highest BCUT2D eigenvalue weighted by Crippen LogP contribution is 2.40. The summed E-state index contributed by atoms with van der Waals surface area (Å²) in [6.45, 7) is 5.19. The molecule has 0 saturated heterocycles. The summed E-state index contributed by atoms with van der Waals surface area (Å²) in [7, 11) is 0. The fraction of sp³-hybridized carbons (Fsp3) is 0.353. The summed E-state index contributed by atoms with van der Waals surface area (Å²) < 4.78 is 0. The molecule has 0 aromatic heterocycles. The first-order valence-electron chi connectivity index (χ1n) is 7.13. The van der Waals surface area contributed by atoms with E-state index in [1.807, 2.05) is 13.8 Å². The molecule has 1 aliphatic rings. The van der Waals surface area contributed by atoms with Gasteiger partial charge in [0.2, 0.25) is 0 Å². The summed E-state index contributed by atoms with van der Waals surface area (Å²) in [6.07, 6.45) is 0. The van der Waals surface area contributed by atoms with Crippen LogP contribution in [0.2, 0.25) is 0 Å². The number of nitrogens with zero attached hydrogens (tertiary/aromatic N) is 1. The second-order valence-corrected chi connectivity index (χ2v) is 7.42. The van der Waals surface area contributed by atoms with Gasteiger partial charge in [-0.15, -0.1) is 23.2 Å². The first-order chi connectivity index (χ1) is 10.7. The maximum Gasteiger partial charge on any atom is 0.277 e. The Balaban J connectivity index is 2.59. The van der Waals surface area contributed by atoms with Crippen LogP contribution >= 0.6 is 34.8 Å². The lowest BCUT2D eigenvalue weighted by molar-refractivity contribution is -0.117. The van der Waals surface area contributed by atoms with Gasteiger partial charge in [-0.25, -0.2) is 4.99 Å². The molecule has 0 saturated carbocycles. The molecule has 1 aromatic carbocycles. The molecule has 1 aromatic rings. The Kier molecular flexibility index (Phi) is 5.34. The Labute approximate surface area is 150 Å². The van der Waals surface area contributed by atoms with Gasteiger partial charge in [-0.05, 0) is 25.0 Å². The van der Waals surface area contributed by atoms with Crippen LogP contribution in [0.4, 0.5) is 0 Å². The Morgan fingerprint density at radius 3 is 2.35 bits per heavy atom. The van der Waals surface area contributed by atoms with Crippen LogP contribution in [0.25, 0.3) is 0 Å². The lowest BCUT2D eigenvalue weighted by Gasteiger charge is -2.34. The highest BCUT2D eigenvalue weighted by Gasteiger charge is 2.49. The third kappa shape index (κ3) is 3.37. The number of amides is 1. The molecule has 2 rings (SSSR count). The van der Waals surface area contributed by atoms with E-state index in [0.29, 0.717) is 11.1 Å². The highest BCUT2D eigenvalue weighted by molar-refractivity contribution is 6.59. The lowest BCUT2D eigenvalue weighted by Crippen LogP contribution is -2.49. The third-order valence-electron chi connectivity index (χ3n) is 3.69. The molecule has 122 valence electrons. The number of halogens is 3. The van der Waals surface area contributed by atoms with E-state index >= 15 is 0 Å². The molecule has 1 aliphatic carbocycles. The second-order valence-electron chi connectivity index (χ2n) is 5.82. The summed E-state index contributed by atoms with van der Waals surface area (Å²) >= 11 is 18.8. The van der Waals surface area contributed by atoms with Crippen LogP contribution in [0.1, 0.15) is 31.1 Å². The van der Waals surface area contributed by atoms with Crippen LogP contribution < -0.4 is 0 Å². The fourth-order valence-electron chi connectivity index (χ4n) is 2.38. The van der Waals surface area contributed by atoms with Crippen molar-refractivity contribution in [3.05, 3.63) is 46.5 Å². The average molecular weight is 373 g/mol. The first-order valence-corrected chi connectivity index (χ1v) is 8.33. The van der Waals surface area contributed by atoms with Gasteiger partial charge < -0.3 is 0 Å². The molecule has 0 unspecified atom stereocenters. The van der Waals surface area contributed by atoms with Crippen LogP contribution in [0.5, 0.6) is 0 Å². The van der Waals surface area contributed by atoms with Gasteiger partial charge in [0.25, 0.3) is 5.91 Å². The Hall–Kier alpha value is -1.16. The normalized spacial score (nSPS) is 27.0. The van der Waals surface area contributed by atoms with Crippen molar-refractivity contribution in [3.63, 3.8) is 0 Å². The molecule has 0 spiro atoms. The number of carbonyl (C=O) groups excluding carboxylic acids is 2. The molecule has 6 heteroatoms. The van der Waals surface area contributed by atoms with E-state index in [2.05, 4.69) is 4.99 Å². The van der Waals surface area contributed by atoms with Crippen molar-refractivity contribution >= 4 is 52.2 Å².